The summed E-state index contributed by atoms with van der Waals surface area (Å²) < 4.78 is 0. The van der Waals surface area contributed by atoms with E-state index < -0.39 is 0 Å². The first-order chi connectivity index (χ1) is 14.8. The van der Waals surface area contributed by atoms with Crippen LogP contribution in [0.2, 0.25) is 0 Å². The van der Waals surface area contributed by atoms with Gasteiger partial charge < -0.3 is 9.80 Å². The van der Waals surface area contributed by atoms with Crippen molar-refractivity contribution >= 4 is 11.8 Å². The Bertz CT molecular complexity index is 918. The fourth-order valence-corrected chi connectivity index (χ4v) is 4.02. The molecule has 1 aliphatic heterocycles. The van der Waals surface area contributed by atoms with Gasteiger partial charge in [0.1, 0.15) is 0 Å². The molecule has 164 valence electrons. The molecule has 2 amide bonds. The lowest BCUT2D eigenvalue weighted by atomic mass is 9.91. The van der Waals surface area contributed by atoms with Crippen molar-refractivity contribution in [3.63, 3.8) is 0 Å². The van der Waals surface area contributed by atoms with Gasteiger partial charge in [-0.2, -0.15) is 0 Å². The standard InChI is InChI=1S/C26H33N3O2/c1-5-12-28-13-14-29(24(30)17-26(2,3)4)19-23(25(28)31)16-20-8-6-9-21(15-20)22-10-7-11-27-18-22/h5-11,15,18,23H,1,12-14,16-17,19H2,2-4H3/t23-/m1/s1. The lowest BCUT2D eigenvalue weighted by molar-refractivity contribution is -0.135. The minimum Gasteiger partial charge on any atom is -0.340 e. The highest BCUT2D eigenvalue weighted by molar-refractivity contribution is 5.82. The first-order valence-corrected chi connectivity index (χ1v) is 10.9. The van der Waals surface area contributed by atoms with Crippen molar-refractivity contribution in [1.82, 2.24) is 14.8 Å². The molecule has 1 fully saturated rings. The third-order valence-corrected chi connectivity index (χ3v) is 5.53. The van der Waals surface area contributed by atoms with Crippen molar-refractivity contribution in [3.8, 4) is 11.1 Å². The molecular formula is C26H33N3O2. The Morgan fingerprint density at radius 2 is 1.97 bits per heavy atom. The molecule has 2 aromatic rings. The van der Waals surface area contributed by atoms with E-state index in [1.807, 2.05) is 34.2 Å². The number of aromatic nitrogens is 1. The second-order valence-corrected chi connectivity index (χ2v) is 9.49. The Hall–Kier alpha value is -2.95. The monoisotopic (exact) mass is 419 g/mol. The van der Waals surface area contributed by atoms with Crippen LogP contribution in [0.25, 0.3) is 11.1 Å². The van der Waals surface area contributed by atoms with Crippen LogP contribution in [-0.2, 0) is 16.0 Å². The SMILES string of the molecule is C=CCN1CCN(C(=O)CC(C)(C)C)C[C@@H](Cc2cccc(-c3cccnc3)c2)C1=O. The zero-order chi connectivity index (χ0) is 22.4. The maximum absolute atomic E-state index is 13.3. The number of rotatable bonds is 6. The van der Waals surface area contributed by atoms with Gasteiger partial charge in [-0.05, 0) is 34.6 Å². The Balaban J connectivity index is 1.83. The normalized spacial score (nSPS) is 17.4. The zero-order valence-corrected chi connectivity index (χ0v) is 18.9. The lowest BCUT2D eigenvalue weighted by Gasteiger charge is -2.27. The van der Waals surface area contributed by atoms with E-state index in [1.54, 1.807) is 12.3 Å². The summed E-state index contributed by atoms with van der Waals surface area (Å²) in [6, 6.07) is 12.2. The summed E-state index contributed by atoms with van der Waals surface area (Å²) in [5, 5.41) is 0. The van der Waals surface area contributed by atoms with Crippen molar-refractivity contribution in [2.75, 3.05) is 26.2 Å². The summed E-state index contributed by atoms with van der Waals surface area (Å²) in [5.41, 5.74) is 3.13. The zero-order valence-electron chi connectivity index (χ0n) is 18.9. The van der Waals surface area contributed by atoms with Gasteiger partial charge in [-0.1, -0.05) is 57.2 Å². The van der Waals surface area contributed by atoms with Crippen LogP contribution >= 0.6 is 0 Å². The smallest absolute Gasteiger partial charge is 0.228 e. The Morgan fingerprint density at radius 1 is 1.19 bits per heavy atom. The van der Waals surface area contributed by atoms with Crippen LogP contribution in [0, 0.1) is 11.3 Å². The van der Waals surface area contributed by atoms with Gasteiger partial charge in [-0.3, -0.25) is 14.6 Å². The highest BCUT2D eigenvalue weighted by Crippen LogP contribution is 2.25. The number of carbonyl (C=O) groups is 2. The van der Waals surface area contributed by atoms with Gasteiger partial charge in [0, 0.05) is 45.0 Å². The summed E-state index contributed by atoms with van der Waals surface area (Å²) in [7, 11) is 0. The molecule has 1 saturated heterocycles. The fourth-order valence-electron chi connectivity index (χ4n) is 4.02. The molecular weight excluding hydrogens is 386 g/mol. The van der Waals surface area contributed by atoms with E-state index in [9.17, 15) is 9.59 Å². The average molecular weight is 420 g/mol. The molecule has 3 rings (SSSR count). The van der Waals surface area contributed by atoms with Crippen LogP contribution in [0.4, 0.5) is 0 Å². The molecule has 1 atom stereocenters. The third-order valence-electron chi connectivity index (χ3n) is 5.53. The number of hydrogen-bond acceptors (Lipinski definition) is 3. The quantitative estimate of drug-likeness (QED) is 0.660. The van der Waals surface area contributed by atoms with E-state index in [-0.39, 0.29) is 23.1 Å². The van der Waals surface area contributed by atoms with E-state index in [2.05, 4.69) is 50.5 Å². The van der Waals surface area contributed by atoms with Crippen LogP contribution in [0.15, 0.2) is 61.4 Å². The van der Waals surface area contributed by atoms with Gasteiger partial charge in [-0.15, -0.1) is 6.58 Å². The molecule has 31 heavy (non-hydrogen) atoms. The van der Waals surface area contributed by atoms with Crippen molar-refractivity contribution in [2.45, 2.75) is 33.6 Å². The number of amides is 2. The maximum Gasteiger partial charge on any atom is 0.228 e. The second kappa shape index (κ2) is 9.90. The van der Waals surface area contributed by atoms with Crippen LogP contribution < -0.4 is 0 Å². The first kappa shape index (κ1) is 22.7. The first-order valence-electron chi connectivity index (χ1n) is 10.9. The second-order valence-electron chi connectivity index (χ2n) is 9.49. The minimum absolute atomic E-state index is 0.0816. The molecule has 1 aliphatic rings. The lowest BCUT2D eigenvalue weighted by Crippen LogP contribution is -2.38. The number of carbonyl (C=O) groups excluding carboxylic acids is 2. The molecule has 5 heteroatoms. The summed E-state index contributed by atoms with van der Waals surface area (Å²) in [4.78, 5) is 34.1. The number of pyridine rings is 1. The predicted molar refractivity (Wildman–Crippen MR) is 124 cm³/mol. The van der Waals surface area contributed by atoms with Crippen LogP contribution in [-0.4, -0.2) is 52.8 Å². The molecule has 2 heterocycles. The number of benzene rings is 1. The molecule has 0 unspecified atom stereocenters. The Labute approximate surface area is 185 Å². The summed E-state index contributed by atoms with van der Waals surface area (Å²) >= 11 is 0. The third kappa shape index (κ3) is 6.27. The number of hydrogen-bond donors (Lipinski definition) is 0. The summed E-state index contributed by atoms with van der Waals surface area (Å²) in [5.74, 6) is -0.0527. The van der Waals surface area contributed by atoms with E-state index in [1.165, 1.54) is 0 Å². The maximum atomic E-state index is 13.3. The van der Waals surface area contributed by atoms with Crippen LogP contribution in [0.1, 0.15) is 32.8 Å². The molecule has 1 aromatic carbocycles. The predicted octanol–water partition coefficient (Wildman–Crippen LogP) is 4.20. The molecule has 0 N–H and O–H groups in total. The highest BCUT2D eigenvalue weighted by atomic mass is 16.2. The minimum atomic E-state index is -0.268. The van der Waals surface area contributed by atoms with Gasteiger partial charge in [0.2, 0.25) is 11.8 Å². The van der Waals surface area contributed by atoms with Crippen molar-refractivity contribution in [2.24, 2.45) is 11.3 Å². The summed E-state index contributed by atoms with van der Waals surface area (Å²) in [6.45, 7) is 12.1. The van der Waals surface area contributed by atoms with E-state index >= 15 is 0 Å². The van der Waals surface area contributed by atoms with Gasteiger partial charge in [0.25, 0.3) is 0 Å². The van der Waals surface area contributed by atoms with Gasteiger partial charge in [0.15, 0.2) is 0 Å². The van der Waals surface area contributed by atoms with E-state index in [0.29, 0.717) is 39.0 Å². The van der Waals surface area contributed by atoms with Crippen LogP contribution in [0.5, 0.6) is 0 Å². The van der Waals surface area contributed by atoms with Crippen molar-refractivity contribution < 1.29 is 9.59 Å². The number of nitrogens with zero attached hydrogens (tertiary/aromatic N) is 3. The van der Waals surface area contributed by atoms with Crippen LogP contribution in [0.3, 0.4) is 0 Å². The average Bonchev–Trinajstić information content (AvgIpc) is 2.88. The summed E-state index contributed by atoms with van der Waals surface area (Å²) in [6.07, 6.45) is 6.43. The highest BCUT2D eigenvalue weighted by Gasteiger charge is 2.33. The fraction of sp³-hybridized carbons (Fsp3) is 0.423. The molecule has 0 spiro atoms. The van der Waals surface area contributed by atoms with E-state index in [4.69, 9.17) is 0 Å². The van der Waals surface area contributed by atoms with Crippen molar-refractivity contribution in [1.29, 1.82) is 0 Å². The molecule has 0 radical (unpaired) electrons. The van der Waals surface area contributed by atoms with Crippen molar-refractivity contribution in [3.05, 3.63) is 67.0 Å². The molecule has 0 bridgehead atoms. The Kier molecular flexibility index (Phi) is 7.26. The topological polar surface area (TPSA) is 53.5 Å². The van der Waals surface area contributed by atoms with Gasteiger partial charge in [-0.25, -0.2) is 0 Å². The largest absolute Gasteiger partial charge is 0.340 e. The molecule has 1 aromatic heterocycles. The Morgan fingerprint density at radius 3 is 2.65 bits per heavy atom. The molecule has 5 nitrogen and oxygen atoms in total. The van der Waals surface area contributed by atoms with Gasteiger partial charge >= 0.3 is 0 Å². The molecule has 0 saturated carbocycles. The molecule has 0 aliphatic carbocycles. The van der Waals surface area contributed by atoms with Gasteiger partial charge in [0.05, 0.1) is 5.92 Å². The van der Waals surface area contributed by atoms with E-state index in [0.717, 1.165) is 16.7 Å².